The molecule has 1 fully saturated rings. The van der Waals surface area contributed by atoms with Crippen LogP contribution in [-0.4, -0.2) is 42.8 Å². The molecule has 1 N–H and O–H groups in total. The first-order valence-electron chi connectivity index (χ1n) is 8.45. The summed E-state index contributed by atoms with van der Waals surface area (Å²) in [6, 6.07) is 0.230. The molecule has 0 heterocycles. The Bertz CT molecular complexity index is 281. The third kappa shape index (κ3) is 6.55. The van der Waals surface area contributed by atoms with Gasteiger partial charge in [0.15, 0.2) is 0 Å². The maximum Gasteiger partial charge on any atom is 0.401 e. The van der Waals surface area contributed by atoms with Gasteiger partial charge < -0.3 is 5.32 Å². The molecule has 0 spiro atoms. The number of halogens is 3. The fourth-order valence-corrected chi connectivity index (χ4v) is 3.57. The molecule has 1 aliphatic carbocycles. The predicted molar refractivity (Wildman–Crippen MR) is 81.4 cm³/mol. The van der Waals surface area contributed by atoms with Crippen molar-refractivity contribution in [2.24, 2.45) is 5.92 Å². The van der Waals surface area contributed by atoms with Gasteiger partial charge in [0.1, 0.15) is 0 Å². The quantitative estimate of drug-likeness (QED) is 0.722. The van der Waals surface area contributed by atoms with Crippen LogP contribution in [0.1, 0.15) is 59.3 Å². The molecule has 21 heavy (non-hydrogen) atoms. The standard InChI is InChI=1S/C16H31F3N2/c1-4-7-13-8-9-14(20-10-5-2)15(11-13)21(6-3)12-16(17,18)19/h13-15,20H,4-12H2,1-3H3. The van der Waals surface area contributed by atoms with E-state index in [2.05, 4.69) is 19.2 Å². The summed E-state index contributed by atoms with van der Waals surface area (Å²) in [5.74, 6) is 0.585. The number of alkyl halides is 3. The van der Waals surface area contributed by atoms with Gasteiger partial charge in [0.05, 0.1) is 6.54 Å². The van der Waals surface area contributed by atoms with Crippen LogP contribution in [0.25, 0.3) is 0 Å². The molecule has 126 valence electrons. The molecule has 1 aliphatic rings. The molecular weight excluding hydrogens is 277 g/mol. The third-order valence-corrected chi connectivity index (χ3v) is 4.54. The van der Waals surface area contributed by atoms with Crippen LogP contribution in [0.5, 0.6) is 0 Å². The lowest BCUT2D eigenvalue weighted by Crippen LogP contribution is -2.55. The number of nitrogens with zero attached hydrogens (tertiary/aromatic N) is 1. The van der Waals surface area contributed by atoms with E-state index in [1.54, 1.807) is 4.90 Å². The van der Waals surface area contributed by atoms with Crippen molar-refractivity contribution in [2.75, 3.05) is 19.6 Å². The molecule has 1 saturated carbocycles. The average Bonchev–Trinajstić information content (AvgIpc) is 2.42. The normalized spacial score (nSPS) is 27.3. The number of rotatable bonds is 8. The topological polar surface area (TPSA) is 15.3 Å². The van der Waals surface area contributed by atoms with Crippen molar-refractivity contribution < 1.29 is 13.2 Å². The monoisotopic (exact) mass is 308 g/mol. The van der Waals surface area contributed by atoms with E-state index in [0.29, 0.717) is 12.5 Å². The Labute approximate surface area is 127 Å². The maximum absolute atomic E-state index is 12.8. The van der Waals surface area contributed by atoms with Crippen molar-refractivity contribution in [1.82, 2.24) is 10.2 Å². The van der Waals surface area contributed by atoms with E-state index in [4.69, 9.17) is 0 Å². The van der Waals surface area contributed by atoms with Gasteiger partial charge in [-0.25, -0.2) is 0 Å². The summed E-state index contributed by atoms with van der Waals surface area (Å²) in [5.41, 5.74) is 0. The van der Waals surface area contributed by atoms with Crippen LogP contribution in [0.15, 0.2) is 0 Å². The molecule has 0 aliphatic heterocycles. The van der Waals surface area contributed by atoms with Crippen LogP contribution in [0.3, 0.4) is 0 Å². The Morgan fingerprint density at radius 1 is 1.10 bits per heavy atom. The van der Waals surface area contributed by atoms with Gasteiger partial charge in [0.25, 0.3) is 0 Å². The van der Waals surface area contributed by atoms with Crippen molar-refractivity contribution in [3.63, 3.8) is 0 Å². The molecule has 2 nitrogen and oxygen atoms in total. The van der Waals surface area contributed by atoms with Crippen LogP contribution in [0, 0.1) is 5.92 Å². The fraction of sp³-hybridized carbons (Fsp3) is 1.00. The molecule has 0 aromatic carbocycles. The van der Waals surface area contributed by atoms with Gasteiger partial charge in [-0.3, -0.25) is 4.90 Å². The highest BCUT2D eigenvalue weighted by molar-refractivity contribution is 4.91. The molecule has 0 aromatic heterocycles. The molecule has 0 amide bonds. The lowest BCUT2D eigenvalue weighted by atomic mass is 9.79. The summed E-state index contributed by atoms with van der Waals surface area (Å²) in [6.07, 6.45) is 2.23. The Kier molecular flexibility index (Phi) is 8.03. The van der Waals surface area contributed by atoms with Crippen molar-refractivity contribution in [3.8, 4) is 0 Å². The lowest BCUT2D eigenvalue weighted by Gasteiger charge is -2.43. The third-order valence-electron chi connectivity index (χ3n) is 4.54. The zero-order valence-electron chi connectivity index (χ0n) is 13.7. The Balaban J connectivity index is 2.74. The zero-order valence-corrected chi connectivity index (χ0v) is 13.7. The summed E-state index contributed by atoms with van der Waals surface area (Å²) in [7, 11) is 0. The van der Waals surface area contributed by atoms with Crippen molar-refractivity contribution in [1.29, 1.82) is 0 Å². The Hall–Kier alpha value is -0.290. The predicted octanol–water partition coefficient (Wildman–Crippen LogP) is 4.21. The van der Waals surface area contributed by atoms with Crippen LogP contribution in [0.2, 0.25) is 0 Å². The van der Waals surface area contributed by atoms with Gasteiger partial charge in [-0.1, -0.05) is 33.6 Å². The molecule has 0 saturated heterocycles. The van der Waals surface area contributed by atoms with Crippen molar-refractivity contribution >= 4 is 0 Å². The molecule has 3 unspecified atom stereocenters. The first-order chi connectivity index (χ1) is 9.91. The van der Waals surface area contributed by atoms with E-state index >= 15 is 0 Å². The second-order valence-corrected chi connectivity index (χ2v) is 6.27. The van der Waals surface area contributed by atoms with Gasteiger partial charge in [0.2, 0.25) is 0 Å². The van der Waals surface area contributed by atoms with Crippen molar-refractivity contribution in [3.05, 3.63) is 0 Å². The number of hydrogen-bond acceptors (Lipinski definition) is 2. The average molecular weight is 308 g/mol. The van der Waals surface area contributed by atoms with Gasteiger partial charge in [-0.05, 0) is 44.7 Å². The molecular formula is C16H31F3N2. The van der Waals surface area contributed by atoms with E-state index in [-0.39, 0.29) is 12.1 Å². The molecule has 0 radical (unpaired) electrons. The highest BCUT2D eigenvalue weighted by Crippen LogP contribution is 2.32. The molecule has 0 aromatic rings. The molecule has 3 atom stereocenters. The zero-order chi connectivity index (χ0) is 15.9. The molecule has 0 bridgehead atoms. The smallest absolute Gasteiger partial charge is 0.312 e. The first kappa shape index (κ1) is 18.8. The SMILES string of the molecule is CCCNC1CCC(CCC)CC1N(CC)CC(F)(F)F. The summed E-state index contributed by atoms with van der Waals surface area (Å²) in [6.45, 7) is 6.67. The molecule has 5 heteroatoms. The Morgan fingerprint density at radius 2 is 1.81 bits per heavy atom. The number of hydrogen-bond donors (Lipinski definition) is 1. The van der Waals surface area contributed by atoms with E-state index in [9.17, 15) is 13.2 Å². The summed E-state index contributed by atoms with van der Waals surface area (Å²) in [4.78, 5) is 1.63. The first-order valence-corrected chi connectivity index (χ1v) is 8.45. The van der Waals surface area contributed by atoms with Gasteiger partial charge >= 0.3 is 6.18 Å². The van der Waals surface area contributed by atoms with Crippen LogP contribution in [0.4, 0.5) is 13.2 Å². The maximum atomic E-state index is 12.8. The Morgan fingerprint density at radius 3 is 2.33 bits per heavy atom. The number of likely N-dealkylation sites (N-methyl/N-ethyl adjacent to an activating group) is 1. The highest BCUT2D eigenvalue weighted by atomic mass is 19.4. The van der Waals surface area contributed by atoms with E-state index in [1.807, 2.05) is 6.92 Å². The summed E-state index contributed by atoms with van der Waals surface area (Å²) < 4.78 is 38.4. The van der Waals surface area contributed by atoms with Crippen LogP contribution >= 0.6 is 0 Å². The van der Waals surface area contributed by atoms with Gasteiger partial charge in [-0.15, -0.1) is 0 Å². The highest BCUT2D eigenvalue weighted by Gasteiger charge is 2.38. The second kappa shape index (κ2) is 8.99. The van der Waals surface area contributed by atoms with Gasteiger partial charge in [0, 0.05) is 12.1 Å². The summed E-state index contributed by atoms with van der Waals surface area (Å²) >= 11 is 0. The lowest BCUT2D eigenvalue weighted by molar-refractivity contribution is -0.153. The van der Waals surface area contributed by atoms with Crippen molar-refractivity contribution in [2.45, 2.75) is 77.6 Å². The number of nitrogens with one attached hydrogen (secondary N) is 1. The van der Waals surface area contributed by atoms with E-state index < -0.39 is 12.7 Å². The fourth-order valence-electron chi connectivity index (χ4n) is 3.57. The van der Waals surface area contributed by atoms with Gasteiger partial charge in [-0.2, -0.15) is 13.2 Å². The summed E-state index contributed by atoms with van der Waals surface area (Å²) in [5, 5.41) is 3.48. The van der Waals surface area contributed by atoms with Crippen LogP contribution < -0.4 is 5.32 Å². The minimum atomic E-state index is -4.11. The van der Waals surface area contributed by atoms with E-state index in [0.717, 1.165) is 45.1 Å². The minimum absolute atomic E-state index is 0.0217. The minimum Gasteiger partial charge on any atom is -0.312 e. The van der Waals surface area contributed by atoms with E-state index in [1.165, 1.54) is 0 Å². The second-order valence-electron chi connectivity index (χ2n) is 6.27. The van der Waals surface area contributed by atoms with Crippen LogP contribution in [-0.2, 0) is 0 Å². The molecule has 1 rings (SSSR count). The largest absolute Gasteiger partial charge is 0.401 e.